The van der Waals surface area contributed by atoms with Crippen molar-refractivity contribution >= 4 is 41.8 Å². The van der Waals surface area contributed by atoms with Gasteiger partial charge in [0.1, 0.15) is 0 Å². The van der Waals surface area contributed by atoms with E-state index in [1.165, 1.54) is 25.3 Å². The van der Waals surface area contributed by atoms with E-state index in [4.69, 9.17) is 0 Å². The Morgan fingerprint density at radius 3 is 2.13 bits per heavy atom. The van der Waals surface area contributed by atoms with Gasteiger partial charge in [-0.25, -0.2) is 0 Å². The highest BCUT2D eigenvalue weighted by atomic mass is 28.3. The molecule has 0 bridgehead atoms. The summed E-state index contributed by atoms with van der Waals surface area (Å²) in [6.07, 6.45) is 0.829. The first-order valence-electron chi connectivity index (χ1n) is 12.4. The number of alkyl halides is 3. The highest BCUT2D eigenvalue weighted by Crippen LogP contribution is 2.39. The van der Waals surface area contributed by atoms with Crippen LogP contribution in [0.15, 0.2) is 0 Å². The van der Waals surface area contributed by atoms with Crippen molar-refractivity contribution in [1.82, 2.24) is 5.32 Å². The summed E-state index contributed by atoms with van der Waals surface area (Å²) in [5, 5.41) is 2.24. The van der Waals surface area contributed by atoms with Gasteiger partial charge in [0.2, 0.25) is 0 Å². The van der Waals surface area contributed by atoms with Crippen LogP contribution in [0.3, 0.4) is 0 Å². The second-order valence-corrected chi connectivity index (χ2v) is 22.1. The molecule has 10 heteroatoms. The van der Waals surface area contributed by atoms with E-state index in [-0.39, 0.29) is 22.5 Å². The third kappa shape index (κ3) is 14.8. The van der Waals surface area contributed by atoms with Crippen molar-refractivity contribution in [3.63, 3.8) is 0 Å². The number of unbranched alkanes of at least 4 members (excludes halogenated alkanes) is 1. The van der Waals surface area contributed by atoms with Gasteiger partial charge in [-0.3, -0.25) is 9.18 Å². The Balaban J connectivity index is 4.00. The number of ether oxygens (including phenoxy) is 1. The molecule has 0 heterocycles. The third-order valence-corrected chi connectivity index (χ3v) is 15.6. The monoisotopic (exact) mass is 515 g/mol. The second-order valence-electron chi connectivity index (χ2n) is 10.0. The van der Waals surface area contributed by atoms with Gasteiger partial charge in [0.15, 0.2) is 0 Å². The highest BCUT2D eigenvalue weighted by molar-refractivity contribution is 6.67. The molecule has 31 heavy (non-hydrogen) atoms. The average Bonchev–Trinajstić information content (AvgIpc) is 2.67. The van der Waals surface area contributed by atoms with Gasteiger partial charge in [-0.2, -0.15) is 8.78 Å². The molecule has 1 N–H and O–H groups in total. The van der Waals surface area contributed by atoms with Gasteiger partial charge in [0, 0.05) is 42.5 Å². The number of rotatable bonds is 19. The predicted molar refractivity (Wildman–Crippen MR) is 140 cm³/mol. The fourth-order valence-electron chi connectivity index (χ4n) is 4.36. The number of carbonyl (C=O) groups is 1. The Bertz CT molecular complexity index is 472. The summed E-state index contributed by atoms with van der Waals surface area (Å²) >= 11 is 0. The Hall–Kier alpha value is 0.0875. The third-order valence-electron chi connectivity index (χ3n) is 6.08. The second kappa shape index (κ2) is 17.5. The fraction of sp³-hybridized carbons (Fsp3) is 0.952. The van der Waals surface area contributed by atoms with E-state index in [0.29, 0.717) is 0 Å². The molecule has 0 aliphatic carbocycles. The van der Waals surface area contributed by atoms with Crippen molar-refractivity contribution in [2.24, 2.45) is 0 Å². The first-order chi connectivity index (χ1) is 14.5. The molecule has 0 saturated carbocycles. The molecule has 0 fully saturated rings. The van der Waals surface area contributed by atoms with E-state index >= 15 is 0 Å². The molecular formula is C21H48F3NO2Si4. The SMILES string of the molecule is C[SiH](C)CC(C(CCCC[SiH2]CCCNC(=O)C(F)(F)OCCCF)[SiH](C)C)[SiH](C)C. The Morgan fingerprint density at radius 1 is 0.968 bits per heavy atom. The van der Waals surface area contributed by atoms with Crippen LogP contribution in [0.5, 0.6) is 0 Å². The van der Waals surface area contributed by atoms with Crippen LogP contribution in [0.1, 0.15) is 32.1 Å². The molecular weight excluding hydrogens is 468 g/mol. The summed E-state index contributed by atoms with van der Waals surface area (Å²) < 4.78 is 42.9. The van der Waals surface area contributed by atoms with Crippen molar-refractivity contribution in [2.45, 2.75) is 107 Å². The van der Waals surface area contributed by atoms with Crippen LogP contribution in [0, 0.1) is 0 Å². The molecule has 0 spiro atoms. The van der Waals surface area contributed by atoms with Crippen LogP contribution in [-0.4, -0.2) is 67.8 Å². The molecule has 0 rings (SSSR count). The topological polar surface area (TPSA) is 38.3 Å². The van der Waals surface area contributed by atoms with E-state index < -0.39 is 51.7 Å². The largest absolute Gasteiger partial charge is 0.436 e. The molecule has 0 radical (unpaired) electrons. The van der Waals surface area contributed by atoms with E-state index in [1.807, 2.05) is 0 Å². The number of halogens is 3. The van der Waals surface area contributed by atoms with E-state index in [0.717, 1.165) is 23.5 Å². The molecule has 3 nitrogen and oxygen atoms in total. The minimum absolute atomic E-state index is 0.131. The highest BCUT2D eigenvalue weighted by Gasteiger charge is 2.39. The number of amides is 1. The first kappa shape index (κ1) is 31.1. The van der Waals surface area contributed by atoms with E-state index in [1.54, 1.807) is 6.04 Å². The summed E-state index contributed by atoms with van der Waals surface area (Å²) in [5.74, 6) is -1.41. The van der Waals surface area contributed by atoms with E-state index in [2.05, 4.69) is 49.3 Å². The van der Waals surface area contributed by atoms with Crippen LogP contribution in [0.25, 0.3) is 0 Å². The zero-order chi connectivity index (χ0) is 23.9. The molecule has 0 aromatic heterocycles. The van der Waals surface area contributed by atoms with Gasteiger partial charge in [0.05, 0.1) is 13.3 Å². The molecule has 0 aromatic rings. The van der Waals surface area contributed by atoms with Crippen molar-refractivity contribution in [1.29, 1.82) is 0 Å². The smallest absolute Gasteiger partial charge is 0.349 e. The lowest BCUT2D eigenvalue weighted by molar-refractivity contribution is -0.231. The Kier molecular flexibility index (Phi) is 17.6. The molecule has 2 unspecified atom stereocenters. The van der Waals surface area contributed by atoms with Crippen LogP contribution in [0.2, 0.25) is 68.5 Å². The minimum atomic E-state index is -3.86. The van der Waals surface area contributed by atoms with Crippen LogP contribution in [0.4, 0.5) is 13.2 Å². The van der Waals surface area contributed by atoms with Crippen molar-refractivity contribution in [3.05, 3.63) is 0 Å². The molecule has 0 aromatic carbocycles. The average molecular weight is 516 g/mol. The molecule has 0 aliphatic heterocycles. The standard InChI is InChI=1S/C21H48F3NO2Si4/c1-29(2)17-19(31(5)6)18(30(3)4)11-7-8-15-28-16-10-13-25-20(26)21(23,24)27-14-9-12-22/h18-19,29-31H,7-17,28H2,1-6H3,(H,25,26). The van der Waals surface area contributed by atoms with Crippen LogP contribution >= 0.6 is 0 Å². The number of hydrogen-bond donors (Lipinski definition) is 1. The van der Waals surface area contributed by atoms with Gasteiger partial charge in [-0.1, -0.05) is 82.2 Å². The van der Waals surface area contributed by atoms with Gasteiger partial charge < -0.3 is 10.1 Å². The van der Waals surface area contributed by atoms with Gasteiger partial charge in [-0.15, -0.1) is 0 Å². The Morgan fingerprint density at radius 2 is 1.58 bits per heavy atom. The van der Waals surface area contributed by atoms with Gasteiger partial charge in [-0.05, 0) is 18.4 Å². The lowest BCUT2D eigenvalue weighted by atomic mass is 10.1. The summed E-state index contributed by atoms with van der Waals surface area (Å²) in [6, 6.07) is 3.92. The number of nitrogens with one attached hydrogen (secondary N) is 1. The molecule has 1 amide bonds. The van der Waals surface area contributed by atoms with E-state index in [9.17, 15) is 18.0 Å². The minimum Gasteiger partial charge on any atom is -0.349 e. The van der Waals surface area contributed by atoms with Gasteiger partial charge in [0.25, 0.3) is 0 Å². The fourth-order valence-corrected chi connectivity index (χ4v) is 17.5. The maximum Gasteiger partial charge on any atom is 0.436 e. The number of hydrogen-bond acceptors (Lipinski definition) is 2. The van der Waals surface area contributed by atoms with Crippen molar-refractivity contribution in [2.75, 3.05) is 19.8 Å². The summed E-state index contributed by atoms with van der Waals surface area (Å²) in [6.45, 7) is 14.2. The molecule has 186 valence electrons. The van der Waals surface area contributed by atoms with Crippen LogP contribution < -0.4 is 5.32 Å². The van der Waals surface area contributed by atoms with Gasteiger partial charge >= 0.3 is 12.0 Å². The van der Waals surface area contributed by atoms with Crippen molar-refractivity contribution in [3.8, 4) is 0 Å². The Labute approximate surface area is 196 Å². The van der Waals surface area contributed by atoms with Crippen LogP contribution in [-0.2, 0) is 9.53 Å². The lowest BCUT2D eigenvalue weighted by Gasteiger charge is -2.33. The molecule has 0 saturated heterocycles. The normalized spacial score (nSPS) is 14.8. The number of carbonyl (C=O) groups excluding carboxylic acids is 1. The summed E-state index contributed by atoms with van der Waals surface area (Å²) in [7, 11) is -1.92. The summed E-state index contributed by atoms with van der Waals surface area (Å²) in [5.41, 5.74) is 2.07. The zero-order valence-corrected chi connectivity index (χ0v) is 25.7. The molecule has 2 atom stereocenters. The first-order valence-corrected chi connectivity index (χ1v) is 23.5. The van der Waals surface area contributed by atoms with Crippen molar-refractivity contribution < 1.29 is 22.7 Å². The summed E-state index contributed by atoms with van der Waals surface area (Å²) in [4.78, 5) is 11.5. The molecule has 0 aliphatic rings. The lowest BCUT2D eigenvalue weighted by Crippen LogP contribution is -2.42. The predicted octanol–water partition coefficient (Wildman–Crippen LogP) is 4.84. The quantitative estimate of drug-likeness (QED) is 0.197. The maximum atomic E-state index is 13.4. The maximum absolute atomic E-state index is 13.4. The zero-order valence-electron chi connectivity index (χ0n) is 20.8.